The molecule has 2 rings (SSSR count). The van der Waals surface area contributed by atoms with Crippen molar-refractivity contribution in [2.45, 2.75) is 17.2 Å². The van der Waals surface area contributed by atoms with Crippen LogP contribution in [0.4, 0.5) is 5.69 Å². The van der Waals surface area contributed by atoms with Crippen molar-refractivity contribution in [3.63, 3.8) is 0 Å². The first-order chi connectivity index (χ1) is 8.50. The molecule has 0 saturated heterocycles. The van der Waals surface area contributed by atoms with Gasteiger partial charge < -0.3 is 5.11 Å². The summed E-state index contributed by atoms with van der Waals surface area (Å²) in [7, 11) is -3.57. The van der Waals surface area contributed by atoms with E-state index in [2.05, 4.69) is 4.72 Å². The second kappa shape index (κ2) is 5.09. The molecule has 4 nitrogen and oxygen atoms in total. The molecule has 1 aromatic heterocycles. The van der Waals surface area contributed by atoms with Gasteiger partial charge in [0.2, 0.25) is 0 Å². The van der Waals surface area contributed by atoms with Gasteiger partial charge in [-0.3, -0.25) is 4.72 Å². The number of sulfonamides is 1. The van der Waals surface area contributed by atoms with E-state index in [1.807, 2.05) is 0 Å². The Morgan fingerprint density at radius 1 is 1.22 bits per heavy atom. The summed E-state index contributed by atoms with van der Waals surface area (Å²) in [6, 6.07) is 10.0. The summed E-state index contributed by atoms with van der Waals surface area (Å²) in [6.07, 6.45) is -0.729. The zero-order chi connectivity index (χ0) is 13.2. The molecule has 0 fully saturated rings. The highest BCUT2D eigenvalue weighted by Crippen LogP contribution is 2.26. The summed E-state index contributed by atoms with van der Waals surface area (Å²) in [4.78, 5) is 0. The van der Waals surface area contributed by atoms with Crippen molar-refractivity contribution in [3.8, 4) is 0 Å². The maximum Gasteiger partial charge on any atom is 0.271 e. The van der Waals surface area contributed by atoms with Gasteiger partial charge in [0, 0.05) is 5.56 Å². The van der Waals surface area contributed by atoms with E-state index in [9.17, 15) is 13.5 Å². The molecule has 0 spiro atoms. The standard InChI is InChI=1S/C12H13NO3S2/c1-9(14)10-5-2-3-6-11(10)13-18(15,16)12-7-4-8-17-12/h2-9,13-14H,1H3. The largest absolute Gasteiger partial charge is 0.389 e. The van der Waals surface area contributed by atoms with E-state index in [0.29, 0.717) is 11.3 Å². The number of anilines is 1. The molecule has 2 N–H and O–H groups in total. The Morgan fingerprint density at radius 2 is 1.94 bits per heavy atom. The average molecular weight is 283 g/mol. The minimum absolute atomic E-state index is 0.253. The molecule has 0 aliphatic carbocycles. The fourth-order valence-corrected chi connectivity index (χ4v) is 3.65. The van der Waals surface area contributed by atoms with Crippen LogP contribution in [0.1, 0.15) is 18.6 Å². The molecule has 0 amide bonds. The van der Waals surface area contributed by atoms with E-state index >= 15 is 0 Å². The van der Waals surface area contributed by atoms with Crippen LogP contribution >= 0.6 is 11.3 Å². The van der Waals surface area contributed by atoms with Crippen LogP contribution in [0.3, 0.4) is 0 Å². The van der Waals surface area contributed by atoms with Gasteiger partial charge in [-0.25, -0.2) is 8.42 Å². The summed E-state index contributed by atoms with van der Waals surface area (Å²) in [5.41, 5.74) is 0.957. The van der Waals surface area contributed by atoms with Crippen molar-refractivity contribution in [2.24, 2.45) is 0 Å². The Morgan fingerprint density at radius 3 is 2.56 bits per heavy atom. The lowest BCUT2D eigenvalue weighted by Gasteiger charge is -2.13. The number of para-hydroxylation sites is 1. The predicted octanol–water partition coefficient (Wildman–Crippen LogP) is 2.60. The van der Waals surface area contributed by atoms with Gasteiger partial charge in [0.15, 0.2) is 0 Å². The fourth-order valence-electron chi connectivity index (χ4n) is 1.57. The zero-order valence-corrected chi connectivity index (χ0v) is 11.3. The molecule has 0 aliphatic rings. The first-order valence-corrected chi connectivity index (χ1v) is 7.70. The van der Waals surface area contributed by atoms with Crippen molar-refractivity contribution < 1.29 is 13.5 Å². The van der Waals surface area contributed by atoms with Crippen LogP contribution in [0.5, 0.6) is 0 Å². The number of aliphatic hydroxyl groups excluding tert-OH is 1. The number of benzene rings is 1. The number of thiophene rings is 1. The summed E-state index contributed by atoms with van der Waals surface area (Å²) < 4.78 is 26.9. The Labute approximate surface area is 110 Å². The van der Waals surface area contributed by atoms with Crippen LogP contribution in [0.25, 0.3) is 0 Å². The van der Waals surface area contributed by atoms with E-state index in [4.69, 9.17) is 0 Å². The Balaban J connectivity index is 2.36. The van der Waals surface area contributed by atoms with Crippen molar-refractivity contribution in [1.82, 2.24) is 0 Å². The number of rotatable bonds is 4. The van der Waals surface area contributed by atoms with Gasteiger partial charge in [-0.15, -0.1) is 11.3 Å². The molecule has 96 valence electrons. The monoisotopic (exact) mass is 283 g/mol. The molecule has 0 aliphatic heterocycles. The van der Waals surface area contributed by atoms with E-state index < -0.39 is 16.1 Å². The number of nitrogens with one attached hydrogen (secondary N) is 1. The third-order valence-electron chi connectivity index (χ3n) is 2.42. The van der Waals surface area contributed by atoms with Crippen molar-refractivity contribution in [3.05, 3.63) is 47.3 Å². The summed E-state index contributed by atoms with van der Waals surface area (Å²) in [6.45, 7) is 1.60. The molecule has 1 heterocycles. The Hall–Kier alpha value is -1.37. The second-order valence-electron chi connectivity index (χ2n) is 3.80. The van der Waals surface area contributed by atoms with Gasteiger partial charge in [0.05, 0.1) is 11.8 Å². The maximum atomic E-state index is 12.1. The van der Waals surface area contributed by atoms with Gasteiger partial charge >= 0.3 is 0 Å². The molecular formula is C12H13NO3S2. The van der Waals surface area contributed by atoms with Gasteiger partial charge in [-0.2, -0.15) is 0 Å². The molecule has 0 saturated carbocycles. The van der Waals surface area contributed by atoms with Gasteiger partial charge in [0.25, 0.3) is 10.0 Å². The second-order valence-corrected chi connectivity index (χ2v) is 6.66. The van der Waals surface area contributed by atoms with E-state index in [1.165, 1.54) is 6.07 Å². The van der Waals surface area contributed by atoms with Crippen LogP contribution in [0.2, 0.25) is 0 Å². The molecule has 1 aromatic carbocycles. The van der Waals surface area contributed by atoms with E-state index in [-0.39, 0.29) is 4.21 Å². The zero-order valence-electron chi connectivity index (χ0n) is 9.70. The first-order valence-electron chi connectivity index (χ1n) is 5.34. The predicted molar refractivity (Wildman–Crippen MR) is 72.2 cm³/mol. The number of aliphatic hydroxyl groups is 1. The van der Waals surface area contributed by atoms with Crippen molar-refractivity contribution in [1.29, 1.82) is 0 Å². The van der Waals surface area contributed by atoms with Crippen molar-refractivity contribution >= 4 is 27.0 Å². The SMILES string of the molecule is CC(O)c1ccccc1NS(=O)(=O)c1cccs1. The Kier molecular flexibility index (Phi) is 3.70. The maximum absolute atomic E-state index is 12.1. The van der Waals surface area contributed by atoms with E-state index in [1.54, 1.807) is 42.6 Å². The van der Waals surface area contributed by atoms with Crippen LogP contribution in [0, 0.1) is 0 Å². The first kappa shape index (κ1) is 13.1. The highest BCUT2D eigenvalue weighted by molar-refractivity contribution is 7.94. The lowest BCUT2D eigenvalue weighted by atomic mass is 10.1. The minimum atomic E-state index is -3.57. The lowest BCUT2D eigenvalue weighted by Crippen LogP contribution is -2.13. The fraction of sp³-hybridized carbons (Fsp3) is 0.167. The minimum Gasteiger partial charge on any atom is -0.389 e. The smallest absolute Gasteiger partial charge is 0.271 e. The molecule has 0 radical (unpaired) electrons. The summed E-state index contributed by atoms with van der Waals surface area (Å²) in [5.74, 6) is 0. The molecule has 2 aromatic rings. The van der Waals surface area contributed by atoms with Gasteiger partial charge in [0.1, 0.15) is 4.21 Å². The summed E-state index contributed by atoms with van der Waals surface area (Å²) >= 11 is 1.15. The number of hydrogen-bond donors (Lipinski definition) is 2. The molecule has 18 heavy (non-hydrogen) atoms. The quantitative estimate of drug-likeness (QED) is 0.906. The van der Waals surface area contributed by atoms with Gasteiger partial charge in [-0.1, -0.05) is 24.3 Å². The molecule has 1 unspecified atom stereocenters. The lowest BCUT2D eigenvalue weighted by molar-refractivity contribution is 0.200. The van der Waals surface area contributed by atoms with Crippen LogP contribution < -0.4 is 4.72 Å². The third kappa shape index (κ3) is 2.72. The van der Waals surface area contributed by atoms with Crippen LogP contribution in [-0.4, -0.2) is 13.5 Å². The van der Waals surface area contributed by atoms with Crippen LogP contribution in [-0.2, 0) is 10.0 Å². The Bertz CT molecular complexity index is 619. The molecule has 1 atom stereocenters. The van der Waals surface area contributed by atoms with Crippen LogP contribution in [0.15, 0.2) is 46.0 Å². The summed E-state index contributed by atoms with van der Waals surface area (Å²) in [5, 5.41) is 11.3. The topological polar surface area (TPSA) is 66.4 Å². The molecular weight excluding hydrogens is 270 g/mol. The third-order valence-corrected chi connectivity index (χ3v) is 5.18. The van der Waals surface area contributed by atoms with Gasteiger partial charge in [-0.05, 0) is 24.4 Å². The number of hydrogen-bond acceptors (Lipinski definition) is 4. The molecule has 6 heteroatoms. The molecule has 0 bridgehead atoms. The highest BCUT2D eigenvalue weighted by atomic mass is 32.2. The van der Waals surface area contributed by atoms with E-state index in [0.717, 1.165) is 11.3 Å². The average Bonchev–Trinajstić information content (AvgIpc) is 2.83. The highest BCUT2D eigenvalue weighted by Gasteiger charge is 2.17. The van der Waals surface area contributed by atoms with Crippen molar-refractivity contribution in [2.75, 3.05) is 4.72 Å². The normalized spacial score (nSPS) is 13.2.